The molecule has 1 saturated heterocycles. The van der Waals surface area contributed by atoms with Gasteiger partial charge in [-0.05, 0) is 97.9 Å². The number of ether oxygens (including phenoxy) is 8. The molecule has 2 heterocycles. The van der Waals surface area contributed by atoms with Crippen LogP contribution in [0, 0.1) is 17.8 Å². The molecule has 0 spiro atoms. The van der Waals surface area contributed by atoms with Crippen molar-refractivity contribution in [1.29, 1.82) is 0 Å². The van der Waals surface area contributed by atoms with Crippen LogP contribution in [0.2, 0.25) is 0 Å². The van der Waals surface area contributed by atoms with E-state index in [-0.39, 0.29) is 83.6 Å². The number of fused-ring (bicyclic) bond motifs is 2. The fourth-order valence-electron chi connectivity index (χ4n) is 10.4. The molecule has 7 atom stereocenters. The number of carbonyl (C=O) groups is 2. The Labute approximate surface area is 411 Å². The molecule has 2 fully saturated rings. The van der Waals surface area contributed by atoms with Gasteiger partial charge in [-0.2, -0.15) is 0 Å². The Bertz CT molecular complexity index is 2200. The Kier molecular flexibility index (Phi) is 20.1. The minimum atomic E-state index is -1.57. The number of oxime groups is 1. The van der Waals surface area contributed by atoms with Gasteiger partial charge in [0.05, 0.1) is 70.6 Å². The van der Waals surface area contributed by atoms with Crippen LogP contribution in [0.25, 0.3) is 0 Å². The lowest BCUT2D eigenvalue weighted by molar-refractivity contribution is -0.256. The molecular weight excluding hydrogens is 901 g/mol. The van der Waals surface area contributed by atoms with Crippen LogP contribution in [0.15, 0.2) is 96.2 Å². The quantitative estimate of drug-likeness (QED) is 0.0273. The van der Waals surface area contributed by atoms with Crippen molar-refractivity contribution in [3.05, 3.63) is 108 Å². The fourth-order valence-corrected chi connectivity index (χ4v) is 10.4. The van der Waals surface area contributed by atoms with Gasteiger partial charge in [0, 0.05) is 44.1 Å². The topological polar surface area (TPSA) is 193 Å². The molecule has 70 heavy (non-hydrogen) atoms. The molecular formula is C54H70N2O14. The summed E-state index contributed by atoms with van der Waals surface area (Å²) in [6, 6.07) is 19.5. The van der Waals surface area contributed by atoms with Crippen molar-refractivity contribution >= 4 is 18.1 Å². The minimum Gasteiger partial charge on any atom is -0.496 e. The second-order valence-corrected chi connectivity index (χ2v) is 18.0. The molecule has 4 aliphatic rings. The van der Waals surface area contributed by atoms with Crippen LogP contribution in [0.3, 0.4) is 0 Å². The smallest absolute Gasteiger partial charge is 0.410 e. The maximum atomic E-state index is 14.8. The van der Waals surface area contributed by atoms with Crippen molar-refractivity contribution in [2.24, 2.45) is 22.9 Å². The number of nitrogens with zero attached hydrogens (tertiary/aromatic N) is 2. The zero-order valence-electron chi connectivity index (χ0n) is 40.3. The van der Waals surface area contributed by atoms with Gasteiger partial charge in [0.15, 0.2) is 6.29 Å². The van der Waals surface area contributed by atoms with Crippen LogP contribution >= 0.6 is 0 Å². The highest BCUT2D eigenvalue weighted by atomic mass is 16.8. The van der Waals surface area contributed by atoms with Gasteiger partial charge in [-0.25, -0.2) is 4.79 Å². The largest absolute Gasteiger partial charge is 0.496 e. The van der Waals surface area contributed by atoms with Crippen LogP contribution < -0.4 is 14.2 Å². The molecule has 0 aromatic heterocycles. The Hall–Kier alpha value is -5.33. The first-order valence-electron chi connectivity index (χ1n) is 24.8. The van der Waals surface area contributed by atoms with Gasteiger partial charge in [-0.1, -0.05) is 60.5 Å². The Balaban J connectivity index is 1.37. The van der Waals surface area contributed by atoms with Crippen LogP contribution in [0.5, 0.6) is 23.0 Å². The summed E-state index contributed by atoms with van der Waals surface area (Å²) >= 11 is 0. The third-order valence-electron chi connectivity index (χ3n) is 13.5. The van der Waals surface area contributed by atoms with E-state index in [1.54, 1.807) is 35.2 Å². The number of aliphatic hydroxyl groups excluding tert-OH is 3. The van der Waals surface area contributed by atoms with E-state index in [0.717, 1.165) is 61.5 Å². The molecule has 380 valence electrons. The highest BCUT2D eigenvalue weighted by Crippen LogP contribution is 2.62. The van der Waals surface area contributed by atoms with Crippen molar-refractivity contribution in [2.75, 3.05) is 73.1 Å². The molecule has 3 N–H and O–H groups in total. The molecule has 3 aromatic carbocycles. The van der Waals surface area contributed by atoms with E-state index in [0.29, 0.717) is 66.7 Å². The molecule has 7 unspecified atom stereocenters. The number of amides is 1. The van der Waals surface area contributed by atoms with Crippen LogP contribution in [-0.4, -0.2) is 130 Å². The normalized spacial score (nSPS) is 24.1. The lowest BCUT2D eigenvalue weighted by Gasteiger charge is -2.59. The summed E-state index contributed by atoms with van der Waals surface area (Å²) in [5.41, 5.74) is 3.64. The SMILES string of the molecule is C=CCOC12Oc3ccc(Oc4ccc(OC)c(C=O)c4)cc3C3C(CCCCO)C(CCCCO)C=C(C(=NOC4CCCCO4)CC1N(CCOCCO)C(=O)OCCOCc1ccccc1)C32. The second-order valence-electron chi connectivity index (χ2n) is 18.0. The molecule has 2 aliphatic carbocycles. The first-order chi connectivity index (χ1) is 34.4. The number of hydrogen-bond acceptors (Lipinski definition) is 15. The van der Waals surface area contributed by atoms with Crippen LogP contribution in [0.1, 0.15) is 91.6 Å². The van der Waals surface area contributed by atoms with E-state index in [9.17, 15) is 24.9 Å². The summed E-state index contributed by atoms with van der Waals surface area (Å²) in [6.07, 6.45) is 10.3. The number of benzene rings is 3. The number of hydrogen-bond donors (Lipinski definition) is 3. The molecule has 0 bridgehead atoms. The Morgan fingerprint density at radius 2 is 1.71 bits per heavy atom. The van der Waals surface area contributed by atoms with Crippen molar-refractivity contribution in [3.8, 4) is 23.0 Å². The summed E-state index contributed by atoms with van der Waals surface area (Å²) in [4.78, 5) is 34.7. The number of unbranched alkanes of at least 4 members (excludes halogenated alkanes) is 2. The van der Waals surface area contributed by atoms with E-state index in [2.05, 4.69) is 12.7 Å². The molecule has 3 aromatic rings. The van der Waals surface area contributed by atoms with Gasteiger partial charge in [-0.15, -0.1) is 6.58 Å². The van der Waals surface area contributed by atoms with Gasteiger partial charge in [-0.3, -0.25) is 9.69 Å². The molecule has 0 radical (unpaired) electrons. The third kappa shape index (κ3) is 12.9. The van der Waals surface area contributed by atoms with Crippen molar-refractivity contribution in [3.63, 3.8) is 0 Å². The molecule has 7 rings (SSSR count). The first kappa shape index (κ1) is 52.5. The first-order valence-corrected chi connectivity index (χ1v) is 24.8. The standard InChI is InChI=1S/C54H70N2O14/c1-3-26-67-54-49(56(22-28-63-29-25-59)53(61)66-31-30-64-37-38-13-5-4-6-14-38)35-46(55-70-50-17-9-12-27-65-50)44-33-39(15-7-10-23-57)43(16-8-11-24-58)51(52(44)54)45-34-42(19-21-48(45)69-54)68-41-18-20-47(62-2)40(32-41)36-60/h3-6,13-14,18-21,32-34,36,39,43,49-52,57-59H,1,7-12,15-17,22-31,35,37H2,2H3. The average molecular weight is 971 g/mol. The van der Waals surface area contributed by atoms with Gasteiger partial charge in [0.25, 0.3) is 0 Å². The maximum absolute atomic E-state index is 14.8. The number of methoxy groups -OCH3 is 1. The predicted octanol–water partition coefficient (Wildman–Crippen LogP) is 8.12. The highest BCUT2D eigenvalue weighted by Gasteiger charge is 2.65. The van der Waals surface area contributed by atoms with Gasteiger partial charge < -0.3 is 58.1 Å². The summed E-state index contributed by atoms with van der Waals surface area (Å²) in [6.45, 7) is 5.18. The van der Waals surface area contributed by atoms with Gasteiger partial charge in [0.1, 0.15) is 35.6 Å². The monoisotopic (exact) mass is 970 g/mol. The Morgan fingerprint density at radius 1 is 0.914 bits per heavy atom. The van der Waals surface area contributed by atoms with E-state index >= 15 is 0 Å². The molecule has 16 heteroatoms. The highest BCUT2D eigenvalue weighted by molar-refractivity contribution is 6.03. The maximum Gasteiger partial charge on any atom is 0.410 e. The van der Waals surface area contributed by atoms with Gasteiger partial charge >= 0.3 is 6.09 Å². The lowest BCUT2D eigenvalue weighted by atomic mass is 9.55. The zero-order valence-corrected chi connectivity index (χ0v) is 40.3. The average Bonchev–Trinajstić information content (AvgIpc) is 3.39. The Morgan fingerprint density at radius 3 is 2.46 bits per heavy atom. The van der Waals surface area contributed by atoms with Crippen molar-refractivity contribution < 1.29 is 67.6 Å². The summed E-state index contributed by atoms with van der Waals surface area (Å²) in [7, 11) is 1.50. The molecule has 16 nitrogen and oxygen atoms in total. The summed E-state index contributed by atoms with van der Waals surface area (Å²) in [5.74, 6) is -0.690. The molecule has 1 saturated carbocycles. The van der Waals surface area contributed by atoms with Crippen molar-refractivity contribution in [1.82, 2.24) is 4.90 Å². The number of carbonyl (C=O) groups excluding carboxylic acids is 2. The van der Waals surface area contributed by atoms with Crippen LogP contribution in [-0.2, 0) is 35.1 Å². The molecule has 2 aliphatic heterocycles. The van der Waals surface area contributed by atoms with E-state index in [1.165, 1.54) is 7.11 Å². The number of allylic oxidation sites excluding steroid dienone is 1. The van der Waals surface area contributed by atoms with E-state index < -0.39 is 30.1 Å². The van der Waals surface area contributed by atoms with Gasteiger partial charge in [0.2, 0.25) is 12.1 Å². The summed E-state index contributed by atoms with van der Waals surface area (Å²) in [5, 5.41) is 34.6. The molecule has 1 amide bonds. The third-order valence-corrected chi connectivity index (χ3v) is 13.5. The van der Waals surface area contributed by atoms with Crippen molar-refractivity contribution in [2.45, 2.75) is 94.9 Å². The predicted molar refractivity (Wildman–Crippen MR) is 260 cm³/mol. The number of aldehydes is 1. The lowest BCUT2D eigenvalue weighted by Crippen LogP contribution is -2.70. The second kappa shape index (κ2) is 26.8. The minimum absolute atomic E-state index is 0.0117. The van der Waals surface area contributed by atoms with Crippen LogP contribution in [0.4, 0.5) is 4.79 Å². The number of rotatable bonds is 28. The van der Waals surface area contributed by atoms with E-state index in [1.807, 2.05) is 42.5 Å². The number of aliphatic hydroxyl groups is 3. The van der Waals surface area contributed by atoms with E-state index in [4.69, 9.17) is 47.9 Å². The summed E-state index contributed by atoms with van der Waals surface area (Å²) < 4.78 is 50.1. The zero-order chi connectivity index (χ0) is 49.1. The fraction of sp³-hybridized carbons (Fsp3) is 0.537.